The van der Waals surface area contributed by atoms with E-state index in [1.54, 1.807) is 32.0 Å². The maximum Gasteiger partial charge on any atom is 0.333 e. The zero-order valence-electron chi connectivity index (χ0n) is 12.0. The van der Waals surface area contributed by atoms with Crippen LogP contribution in [0.3, 0.4) is 0 Å². The molecule has 1 aromatic rings. The molecule has 2 rings (SSSR count). The summed E-state index contributed by atoms with van der Waals surface area (Å²) in [4.78, 5) is 39.6. The molecule has 0 spiro atoms. The van der Waals surface area contributed by atoms with Crippen LogP contribution in [0.1, 0.15) is 30.9 Å². The molecule has 0 aromatic heterocycles. The van der Waals surface area contributed by atoms with Gasteiger partial charge in [-0.05, 0) is 30.5 Å². The predicted molar refractivity (Wildman–Crippen MR) is 72.9 cm³/mol. The first-order valence-electron chi connectivity index (χ1n) is 6.74. The number of benzene rings is 1. The van der Waals surface area contributed by atoms with E-state index in [-0.39, 0.29) is 18.6 Å². The Morgan fingerprint density at radius 3 is 2.71 bits per heavy atom. The standard InChI is InChI=1S/C15H17NO5/c1-9-7-11(3-5-12(9)17)4-6-14(19)21-16-13(18)8-10(2)15(16)20/h3,5,7,10,17H,4,6,8H2,1-2H3/t10-/m1/s1. The Labute approximate surface area is 122 Å². The van der Waals surface area contributed by atoms with Crippen molar-refractivity contribution < 1.29 is 24.3 Å². The van der Waals surface area contributed by atoms with Gasteiger partial charge in [-0.1, -0.05) is 19.1 Å². The summed E-state index contributed by atoms with van der Waals surface area (Å²) in [5, 5.41) is 9.99. The fraction of sp³-hybridized carbons (Fsp3) is 0.400. The molecule has 6 nitrogen and oxygen atoms in total. The normalized spacial score (nSPS) is 18.2. The molecule has 1 saturated heterocycles. The smallest absolute Gasteiger partial charge is 0.333 e. The monoisotopic (exact) mass is 291 g/mol. The van der Waals surface area contributed by atoms with Gasteiger partial charge in [-0.3, -0.25) is 9.59 Å². The molecule has 0 saturated carbocycles. The van der Waals surface area contributed by atoms with Crippen molar-refractivity contribution in [3.63, 3.8) is 0 Å². The Balaban J connectivity index is 1.89. The number of aromatic hydroxyl groups is 1. The molecule has 1 aromatic carbocycles. The van der Waals surface area contributed by atoms with Crippen LogP contribution in [-0.4, -0.2) is 28.0 Å². The summed E-state index contributed by atoms with van der Waals surface area (Å²) in [5.74, 6) is -1.83. The Morgan fingerprint density at radius 2 is 2.14 bits per heavy atom. The van der Waals surface area contributed by atoms with Gasteiger partial charge in [0.05, 0.1) is 6.42 Å². The summed E-state index contributed by atoms with van der Waals surface area (Å²) in [5.41, 5.74) is 1.59. The minimum atomic E-state index is -0.628. The van der Waals surface area contributed by atoms with Crippen molar-refractivity contribution in [3.05, 3.63) is 29.3 Å². The third-order valence-electron chi connectivity index (χ3n) is 3.40. The molecule has 0 bridgehead atoms. The molecule has 1 fully saturated rings. The molecule has 1 aliphatic rings. The van der Waals surface area contributed by atoms with E-state index in [1.165, 1.54) is 0 Å². The van der Waals surface area contributed by atoms with Crippen LogP contribution < -0.4 is 0 Å². The molecule has 0 radical (unpaired) electrons. The average Bonchev–Trinajstić information content (AvgIpc) is 2.67. The van der Waals surface area contributed by atoms with E-state index in [2.05, 4.69) is 0 Å². The lowest BCUT2D eigenvalue weighted by Crippen LogP contribution is -2.33. The first kappa shape index (κ1) is 15.0. The number of rotatable bonds is 4. The van der Waals surface area contributed by atoms with Crippen molar-refractivity contribution in [2.24, 2.45) is 5.92 Å². The second kappa shape index (κ2) is 5.95. The maximum absolute atomic E-state index is 11.7. The fourth-order valence-electron chi connectivity index (χ4n) is 2.12. The number of phenolic OH excluding ortho intramolecular Hbond substituents is 1. The van der Waals surface area contributed by atoms with Crippen LogP contribution in [-0.2, 0) is 25.6 Å². The Morgan fingerprint density at radius 1 is 1.43 bits per heavy atom. The van der Waals surface area contributed by atoms with E-state index < -0.39 is 23.7 Å². The number of carbonyl (C=O) groups excluding carboxylic acids is 3. The second-order valence-electron chi connectivity index (χ2n) is 5.22. The molecule has 1 atom stereocenters. The van der Waals surface area contributed by atoms with E-state index in [0.717, 1.165) is 11.1 Å². The van der Waals surface area contributed by atoms with Crippen molar-refractivity contribution in [3.8, 4) is 5.75 Å². The highest BCUT2D eigenvalue weighted by molar-refractivity contribution is 6.02. The molecule has 21 heavy (non-hydrogen) atoms. The van der Waals surface area contributed by atoms with Crippen molar-refractivity contribution in [2.75, 3.05) is 0 Å². The van der Waals surface area contributed by atoms with E-state index in [9.17, 15) is 19.5 Å². The molecular weight excluding hydrogens is 274 g/mol. The van der Waals surface area contributed by atoms with Crippen LogP contribution in [0.15, 0.2) is 18.2 Å². The SMILES string of the molecule is Cc1cc(CCC(=O)ON2C(=O)C[C@@H](C)C2=O)ccc1O. The largest absolute Gasteiger partial charge is 0.508 e. The lowest BCUT2D eigenvalue weighted by atomic mass is 10.1. The number of carbonyl (C=O) groups is 3. The Kier molecular flexibility index (Phi) is 4.26. The highest BCUT2D eigenvalue weighted by atomic mass is 16.7. The van der Waals surface area contributed by atoms with Crippen LogP contribution in [0.2, 0.25) is 0 Å². The summed E-state index contributed by atoms with van der Waals surface area (Å²) in [6.45, 7) is 3.38. The highest BCUT2D eigenvalue weighted by Gasteiger charge is 2.38. The molecule has 1 aliphatic heterocycles. The van der Waals surface area contributed by atoms with Crippen molar-refractivity contribution >= 4 is 17.8 Å². The third kappa shape index (κ3) is 3.39. The van der Waals surface area contributed by atoms with Crippen LogP contribution in [0.4, 0.5) is 0 Å². The van der Waals surface area contributed by atoms with Gasteiger partial charge in [0.2, 0.25) is 0 Å². The van der Waals surface area contributed by atoms with Gasteiger partial charge in [0.25, 0.3) is 11.8 Å². The van der Waals surface area contributed by atoms with E-state index in [4.69, 9.17) is 4.84 Å². The molecule has 112 valence electrons. The van der Waals surface area contributed by atoms with Gasteiger partial charge in [0, 0.05) is 12.3 Å². The summed E-state index contributed by atoms with van der Waals surface area (Å²) in [6, 6.07) is 5.05. The van der Waals surface area contributed by atoms with Gasteiger partial charge in [-0.15, -0.1) is 5.06 Å². The maximum atomic E-state index is 11.7. The summed E-state index contributed by atoms with van der Waals surface area (Å²) < 4.78 is 0. The topological polar surface area (TPSA) is 83.9 Å². The lowest BCUT2D eigenvalue weighted by Gasteiger charge is -2.13. The summed E-state index contributed by atoms with van der Waals surface area (Å²) in [7, 11) is 0. The zero-order valence-corrected chi connectivity index (χ0v) is 12.0. The van der Waals surface area contributed by atoms with Gasteiger partial charge in [0.1, 0.15) is 5.75 Å². The molecule has 0 unspecified atom stereocenters. The van der Waals surface area contributed by atoms with Gasteiger partial charge >= 0.3 is 5.97 Å². The van der Waals surface area contributed by atoms with Gasteiger partial charge < -0.3 is 9.94 Å². The van der Waals surface area contributed by atoms with Crippen molar-refractivity contribution in [1.29, 1.82) is 0 Å². The fourth-order valence-corrected chi connectivity index (χ4v) is 2.12. The Bertz CT molecular complexity index is 596. The van der Waals surface area contributed by atoms with Crippen molar-refractivity contribution in [2.45, 2.75) is 33.1 Å². The van der Waals surface area contributed by atoms with Crippen LogP contribution in [0, 0.1) is 12.8 Å². The second-order valence-corrected chi connectivity index (χ2v) is 5.22. The van der Waals surface area contributed by atoms with Gasteiger partial charge in [0.15, 0.2) is 0 Å². The minimum absolute atomic E-state index is 0.0512. The number of aryl methyl sites for hydroxylation is 2. The number of phenols is 1. The number of hydrogen-bond donors (Lipinski definition) is 1. The van der Waals surface area contributed by atoms with E-state index >= 15 is 0 Å². The summed E-state index contributed by atoms with van der Waals surface area (Å²) in [6.07, 6.45) is 0.532. The molecule has 0 aliphatic carbocycles. The molecule has 6 heteroatoms. The minimum Gasteiger partial charge on any atom is -0.508 e. The highest BCUT2D eigenvalue weighted by Crippen LogP contribution is 2.20. The predicted octanol–water partition coefficient (Wildman–Crippen LogP) is 1.49. The molecular formula is C15H17NO5. The average molecular weight is 291 g/mol. The lowest BCUT2D eigenvalue weighted by molar-refractivity contribution is -0.198. The quantitative estimate of drug-likeness (QED) is 0.850. The van der Waals surface area contributed by atoms with Crippen LogP contribution in [0.25, 0.3) is 0 Å². The Hall–Kier alpha value is -2.37. The van der Waals surface area contributed by atoms with Crippen molar-refractivity contribution in [1.82, 2.24) is 5.06 Å². The number of hydroxylamine groups is 2. The van der Waals surface area contributed by atoms with E-state index in [0.29, 0.717) is 11.5 Å². The first-order valence-corrected chi connectivity index (χ1v) is 6.74. The zero-order chi connectivity index (χ0) is 15.6. The first-order chi connectivity index (χ1) is 9.88. The summed E-state index contributed by atoms with van der Waals surface area (Å²) >= 11 is 0. The van der Waals surface area contributed by atoms with Crippen LogP contribution in [0.5, 0.6) is 5.75 Å². The number of amides is 2. The number of imide groups is 1. The number of hydrogen-bond acceptors (Lipinski definition) is 5. The van der Waals surface area contributed by atoms with Gasteiger partial charge in [-0.2, -0.15) is 0 Å². The molecule has 1 heterocycles. The number of nitrogens with zero attached hydrogens (tertiary/aromatic N) is 1. The van der Waals surface area contributed by atoms with Gasteiger partial charge in [-0.25, -0.2) is 4.79 Å². The molecule has 1 N–H and O–H groups in total. The molecule has 2 amide bonds. The third-order valence-corrected chi connectivity index (χ3v) is 3.40. The van der Waals surface area contributed by atoms with E-state index in [1.807, 2.05) is 0 Å². The van der Waals surface area contributed by atoms with Crippen LogP contribution >= 0.6 is 0 Å².